The molecule has 1 aromatic heterocycles. The van der Waals surface area contributed by atoms with Gasteiger partial charge in [0.05, 0.1) is 6.33 Å². The number of carboxylic acid groups (broad SMARTS) is 1. The van der Waals surface area contributed by atoms with Gasteiger partial charge in [-0.1, -0.05) is 6.07 Å². The number of H-pyrrole nitrogens is 1. The number of aromatic nitrogens is 2. The molecule has 7 nitrogen and oxygen atoms in total. The molecule has 0 bridgehead atoms. The van der Waals surface area contributed by atoms with E-state index in [4.69, 9.17) is 9.47 Å². The predicted molar refractivity (Wildman–Crippen MR) is 78.0 cm³/mol. The van der Waals surface area contributed by atoms with Crippen molar-refractivity contribution in [3.8, 4) is 11.5 Å². The topological polar surface area (TPSA) is 96.5 Å². The van der Waals surface area contributed by atoms with Crippen LogP contribution in [0.15, 0.2) is 30.7 Å². The molecule has 22 heavy (non-hydrogen) atoms. The highest BCUT2D eigenvalue weighted by atomic mass is 16.6. The number of hydrogen-bond donors (Lipinski definition) is 3. The Labute approximate surface area is 127 Å². The number of rotatable bonds is 6. The van der Waals surface area contributed by atoms with Gasteiger partial charge in [-0.2, -0.15) is 0 Å². The zero-order valence-corrected chi connectivity index (χ0v) is 11.9. The quantitative estimate of drug-likeness (QED) is 0.736. The molecule has 1 aromatic carbocycles. The molecule has 116 valence electrons. The van der Waals surface area contributed by atoms with Gasteiger partial charge in [0.1, 0.15) is 19.3 Å². The summed E-state index contributed by atoms with van der Waals surface area (Å²) in [6.45, 7) is 1.51. The number of aromatic amines is 1. The van der Waals surface area contributed by atoms with Crippen molar-refractivity contribution >= 4 is 5.97 Å². The Morgan fingerprint density at radius 1 is 1.36 bits per heavy atom. The molecule has 1 aliphatic heterocycles. The maximum atomic E-state index is 11.3. The van der Waals surface area contributed by atoms with Crippen molar-refractivity contribution in [1.29, 1.82) is 0 Å². The van der Waals surface area contributed by atoms with Gasteiger partial charge >= 0.3 is 5.97 Å². The molecule has 1 unspecified atom stereocenters. The maximum Gasteiger partial charge on any atom is 0.321 e. The molecule has 0 radical (unpaired) electrons. The number of benzene rings is 1. The standard InChI is InChI=1S/C15H17N3O4/c19-15(20)12(6-11-8-16-9-18-11)17-7-10-1-2-13-14(5-10)22-4-3-21-13/h1-2,5,8-9,12,17H,3-4,6-7H2,(H,16,18)(H,19,20). The number of carbonyl (C=O) groups is 1. The van der Waals surface area contributed by atoms with Crippen molar-refractivity contribution in [2.75, 3.05) is 13.2 Å². The zero-order valence-electron chi connectivity index (χ0n) is 11.9. The van der Waals surface area contributed by atoms with Crippen LogP contribution in [-0.2, 0) is 17.8 Å². The van der Waals surface area contributed by atoms with E-state index in [1.165, 1.54) is 6.33 Å². The summed E-state index contributed by atoms with van der Waals surface area (Å²) in [5.74, 6) is 0.528. The Balaban J connectivity index is 1.63. The van der Waals surface area contributed by atoms with Crippen LogP contribution in [0.3, 0.4) is 0 Å². The van der Waals surface area contributed by atoms with Crippen LogP contribution >= 0.6 is 0 Å². The summed E-state index contributed by atoms with van der Waals surface area (Å²) in [4.78, 5) is 18.1. The first-order valence-corrected chi connectivity index (χ1v) is 7.04. The van der Waals surface area contributed by atoms with E-state index in [1.807, 2.05) is 18.2 Å². The van der Waals surface area contributed by atoms with Gasteiger partial charge in [-0.05, 0) is 17.7 Å². The van der Waals surface area contributed by atoms with Gasteiger partial charge in [-0.3, -0.25) is 10.1 Å². The smallest absolute Gasteiger partial charge is 0.321 e. The van der Waals surface area contributed by atoms with E-state index in [-0.39, 0.29) is 0 Å². The number of carboxylic acids is 1. The molecule has 0 saturated heterocycles. The van der Waals surface area contributed by atoms with Gasteiger partial charge in [-0.15, -0.1) is 0 Å². The van der Waals surface area contributed by atoms with E-state index in [2.05, 4.69) is 15.3 Å². The lowest BCUT2D eigenvalue weighted by Gasteiger charge is -2.19. The highest BCUT2D eigenvalue weighted by molar-refractivity contribution is 5.73. The van der Waals surface area contributed by atoms with Crippen molar-refractivity contribution < 1.29 is 19.4 Å². The Morgan fingerprint density at radius 2 is 2.18 bits per heavy atom. The molecule has 1 aliphatic rings. The summed E-state index contributed by atoms with van der Waals surface area (Å²) < 4.78 is 11.0. The second kappa shape index (κ2) is 6.48. The van der Waals surface area contributed by atoms with Crippen molar-refractivity contribution in [2.24, 2.45) is 0 Å². The van der Waals surface area contributed by atoms with Gasteiger partial charge in [0, 0.05) is 24.9 Å². The van der Waals surface area contributed by atoms with Gasteiger partial charge < -0.3 is 19.6 Å². The number of nitrogens with one attached hydrogen (secondary N) is 2. The molecule has 0 amide bonds. The lowest BCUT2D eigenvalue weighted by molar-refractivity contribution is -0.139. The van der Waals surface area contributed by atoms with Gasteiger partial charge in [0.25, 0.3) is 0 Å². The molecule has 0 saturated carbocycles. The van der Waals surface area contributed by atoms with Crippen LogP contribution in [0.25, 0.3) is 0 Å². The second-order valence-electron chi connectivity index (χ2n) is 5.03. The first-order chi connectivity index (χ1) is 10.7. The number of fused-ring (bicyclic) bond motifs is 1. The van der Waals surface area contributed by atoms with Crippen molar-refractivity contribution in [1.82, 2.24) is 15.3 Å². The third-order valence-corrected chi connectivity index (χ3v) is 3.44. The normalized spacial score (nSPS) is 14.5. The van der Waals surface area contributed by atoms with Crippen LogP contribution in [-0.4, -0.2) is 40.3 Å². The van der Waals surface area contributed by atoms with E-state index in [0.29, 0.717) is 31.9 Å². The van der Waals surface area contributed by atoms with Crippen LogP contribution in [0.5, 0.6) is 11.5 Å². The fraction of sp³-hybridized carbons (Fsp3) is 0.333. The summed E-state index contributed by atoms with van der Waals surface area (Å²) in [5.41, 5.74) is 1.72. The molecule has 7 heteroatoms. The van der Waals surface area contributed by atoms with Crippen LogP contribution < -0.4 is 14.8 Å². The minimum Gasteiger partial charge on any atom is -0.486 e. The first kappa shape index (κ1) is 14.4. The number of aliphatic carboxylic acids is 1. The van der Waals surface area contributed by atoms with Crippen molar-refractivity contribution in [3.05, 3.63) is 42.0 Å². The van der Waals surface area contributed by atoms with E-state index in [9.17, 15) is 9.90 Å². The highest BCUT2D eigenvalue weighted by Crippen LogP contribution is 2.30. The highest BCUT2D eigenvalue weighted by Gasteiger charge is 2.18. The molecule has 0 aliphatic carbocycles. The maximum absolute atomic E-state index is 11.3. The first-order valence-electron chi connectivity index (χ1n) is 7.04. The Bertz CT molecular complexity index is 642. The molecular weight excluding hydrogens is 286 g/mol. The van der Waals surface area contributed by atoms with Crippen molar-refractivity contribution in [2.45, 2.75) is 19.0 Å². The fourth-order valence-corrected chi connectivity index (χ4v) is 2.30. The molecule has 2 heterocycles. The third kappa shape index (κ3) is 3.37. The summed E-state index contributed by atoms with van der Waals surface area (Å²) in [7, 11) is 0. The SMILES string of the molecule is O=C(O)C(Cc1cnc[nH]1)NCc1ccc2c(c1)OCCO2. The number of nitrogens with zero attached hydrogens (tertiary/aromatic N) is 1. The molecular formula is C15H17N3O4. The van der Waals surface area contributed by atoms with E-state index in [1.54, 1.807) is 6.20 Å². The molecule has 3 rings (SSSR count). The monoisotopic (exact) mass is 303 g/mol. The largest absolute Gasteiger partial charge is 0.486 e. The minimum absolute atomic E-state index is 0.347. The zero-order chi connectivity index (χ0) is 15.4. The van der Waals surface area contributed by atoms with Crippen molar-refractivity contribution in [3.63, 3.8) is 0 Å². The molecule has 3 N–H and O–H groups in total. The Kier molecular flexibility index (Phi) is 4.24. The van der Waals surface area contributed by atoms with Gasteiger partial charge in [0.15, 0.2) is 11.5 Å². The number of imidazole rings is 1. The van der Waals surface area contributed by atoms with Crippen LogP contribution in [0, 0.1) is 0 Å². The third-order valence-electron chi connectivity index (χ3n) is 3.44. The molecule has 0 spiro atoms. The molecule has 2 aromatic rings. The Morgan fingerprint density at radius 3 is 2.91 bits per heavy atom. The minimum atomic E-state index is -0.896. The average molecular weight is 303 g/mol. The van der Waals surface area contributed by atoms with E-state index in [0.717, 1.165) is 17.0 Å². The average Bonchev–Trinajstić information content (AvgIpc) is 3.04. The van der Waals surface area contributed by atoms with Crippen LogP contribution in [0.4, 0.5) is 0 Å². The predicted octanol–water partition coefficient (Wildman–Crippen LogP) is 0.966. The molecule has 1 atom stereocenters. The number of ether oxygens (including phenoxy) is 2. The lowest BCUT2D eigenvalue weighted by atomic mass is 10.1. The van der Waals surface area contributed by atoms with Gasteiger partial charge in [0.2, 0.25) is 0 Å². The summed E-state index contributed by atoms with van der Waals surface area (Å²) in [5, 5.41) is 12.3. The lowest BCUT2D eigenvalue weighted by Crippen LogP contribution is -2.38. The molecule has 0 fully saturated rings. The summed E-state index contributed by atoms with van der Waals surface area (Å²) in [6.07, 6.45) is 3.51. The fourth-order valence-electron chi connectivity index (χ4n) is 2.30. The summed E-state index contributed by atoms with van der Waals surface area (Å²) >= 11 is 0. The van der Waals surface area contributed by atoms with Gasteiger partial charge in [-0.25, -0.2) is 4.98 Å². The van der Waals surface area contributed by atoms with Crippen LogP contribution in [0.2, 0.25) is 0 Å². The Hall–Kier alpha value is -2.54. The van der Waals surface area contributed by atoms with E-state index < -0.39 is 12.0 Å². The second-order valence-corrected chi connectivity index (χ2v) is 5.03. The summed E-state index contributed by atoms with van der Waals surface area (Å²) in [6, 6.07) is 4.93. The van der Waals surface area contributed by atoms with Crippen LogP contribution in [0.1, 0.15) is 11.3 Å². The number of hydrogen-bond acceptors (Lipinski definition) is 5. The van der Waals surface area contributed by atoms with E-state index >= 15 is 0 Å².